The molecule has 0 amide bonds. The number of H-pyrrole nitrogens is 1. The predicted octanol–water partition coefficient (Wildman–Crippen LogP) is 4.29. The largest absolute Gasteiger partial charge is 0.331 e. The van der Waals surface area contributed by atoms with E-state index >= 15 is 0 Å². The molecule has 1 aromatic carbocycles. The SMILES string of the molecule is CSC1CCCC1n1c(=S)[nH]c2ccc(F)cc21. The summed E-state index contributed by atoms with van der Waals surface area (Å²) in [5, 5.41) is 0.582. The molecule has 1 saturated carbocycles. The fourth-order valence-corrected chi connectivity index (χ4v) is 4.22. The van der Waals surface area contributed by atoms with Crippen LogP contribution in [0.25, 0.3) is 11.0 Å². The molecule has 0 bridgehead atoms. The van der Waals surface area contributed by atoms with Crippen molar-refractivity contribution in [1.82, 2.24) is 9.55 Å². The van der Waals surface area contributed by atoms with Crippen molar-refractivity contribution in [2.45, 2.75) is 30.6 Å². The minimum atomic E-state index is -0.205. The fraction of sp³-hybridized carbons (Fsp3) is 0.462. The van der Waals surface area contributed by atoms with Gasteiger partial charge in [-0.2, -0.15) is 11.8 Å². The number of hydrogen-bond acceptors (Lipinski definition) is 2. The molecule has 0 radical (unpaired) electrons. The molecular formula is C13H15FN2S2. The number of nitrogens with zero attached hydrogens (tertiary/aromatic N) is 1. The van der Waals surface area contributed by atoms with Crippen LogP contribution < -0.4 is 0 Å². The molecule has 3 rings (SSSR count). The highest BCUT2D eigenvalue weighted by molar-refractivity contribution is 7.99. The van der Waals surface area contributed by atoms with Crippen LogP contribution in [-0.2, 0) is 0 Å². The first-order valence-electron chi connectivity index (χ1n) is 6.13. The van der Waals surface area contributed by atoms with Crippen LogP contribution >= 0.6 is 24.0 Å². The number of nitrogens with one attached hydrogen (secondary N) is 1. The third-order valence-electron chi connectivity index (χ3n) is 3.73. The summed E-state index contributed by atoms with van der Waals surface area (Å²) >= 11 is 7.29. The number of aromatic amines is 1. The first-order chi connectivity index (χ1) is 8.70. The molecule has 1 N–H and O–H groups in total. The summed E-state index contributed by atoms with van der Waals surface area (Å²) in [6.45, 7) is 0. The van der Waals surface area contributed by atoms with Gasteiger partial charge in [0.15, 0.2) is 4.77 Å². The van der Waals surface area contributed by atoms with Gasteiger partial charge in [-0.05, 0) is 49.5 Å². The molecule has 1 aliphatic rings. The smallest absolute Gasteiger partial charge is 0.178 e. The first-order valence-corrected chi connectivity index (χ1v) is 7.83. The van der Waals surface area contributed by atoms with E-state index in [0.29, 0.717) is 16.1 Å². The zero-order valence-corrected chi connectivity index (χ0v) is 11.8. The number of thioether (sulfide) groups is 1. The van der Waals surface area contributed by atoms with E-state index in [0.717, 1.165) is 17.5 Å². The van der Waals surface area contributed by atoms with Crippen molar-refractivity contribution in [3.8, 4) is 0 Å². The van der Waals surface area contributed by atoms with Gasteiger partial charge in [0.05, 0.1) is 11.0 Å². The van der Waals surface area contributed by atoms with Gasteiger partial charge in [0.25, 0.3) is 0 Å². The Morgan fingerprint density at radius 3 is 3.06 bits per heavy atom. The zero-order chi connectivity index (χ0) is 12.7. The average Bonchev–Trinajstić information content (AvgIpc) is 2.91. The summed E-state index contributed by atoms with van der Waals surface area (Å²) in [7, 11) is 0. The molecular weight excluding hydrogens is 267 g/mol. The van der Waals surface area contributed by atoms with E-state index in [1.165, 1.54) is 18.9 Å². The van der Waals surface area contributed by atoms with Crippen molar-refractivity contribution < 1.29 is 4.39 Å². The number of halogens is 1. The lowest BCUT2D eigenvalue weighted by Gasteiger charge is -2.20. The van der Waals surface area contributed by atoms with Crippen LogP contribution in [0.1, 0.15) is 25.3 Å². The van der Waals surface area contributed by atoms with Crippen LogP contribution in [0.15, 0.2) is 18.2 Å². The molecule has 96 valence electrons. The Bertz CT molecular complexity index is 631. The summed E-state index contributed by atoms with van der Waals surface area (Å²) in [5.74, 6) is -0.205. The molecule has 2 aromatic rings. The van der Waals surface area contributed by atoms with Crippen LogP contribution in [0, 0.1) is 10.6 Å². The third kappa shape index (κ3) is 1.89. The van der Waals surface area contributed by atoms with Crippen molar-refractivity contribution in [2.75, 3.05) is 6.26 Å². The van der Waals surface area contributed by atoms with Gasteiger partial charge in [-0.1, -0.05) is 6.42 Å². The van der Waals surface area contributed by atoms with Gasteiger partial charge in [0.2, 0.25) is 0 Å². The zero-order valence-electron chi connectivity index (χ0n) is 10.1. The molecule has 2 unspecified atom stereocenters. The Labute approximate surface area is 115 Å². The molecule has 5 heteroatoms. The second-order valence-electron chi connectivity index (χ2n) is 4.73. The van der Waals surface area contributed by atoms with E-state index in [9.17, 15) is 4.39 Å². The Morgan fingerprint density at radius 2 is 2.28 bits per heavy atom. The van der Waals surface area contributed by atoms with Crippen molar-refractivity contribution in [3.05, 3.63) is 28.8 Å². The van der Waals surface area contributed by atoms with Gasteiger partial charge < -0.3 is 9.55 Å². The summed E-state index contributed by atoms with van der Waals surface area (Å²) in [5.41, 5.74) is 1.82. The topological polar surface area (TPSA) is 20.7 Å². The van der Waals surface area contributed by atoms with E-state index in [1.807, 2.05) is 11.8 Å². The van der Waals surface area contributed by atoms with Gasteiger partial charge in [-0.3, -0.25) is 0 Å². The van der Waals surface area contributed by atoms with Crippen LogP contribution in [0.5, 0.6) is 0 Å². The van der Waals surface area contributed by atoms with Crippen molar-refractivity contribution in [3.63, 3.8) is 0 Å². The maximum Gasteiger partial charge on any atom is 0.178 e. The lowest BCUT2D eigenvalue weighted by atomic mass is 10.2. The van der Waals surface area contributed by atoms with E-state index in [1.54, 1.807) is 12.1 Å². The second-order valence-corrected chi connectivity index (χ2v) is 6.20. The standard InChI is InChI=1S/C13H15FN2S2/c1-18-12-4-2-3-10(12)16-11-7-8(14)5-6-9(11)15-13(16)17/h5-7,10,12H,2-4H2,1H3,(H,15,17). The molecule has 1 aromatic heterocycles. The van der Waals surface area contributed by atoms with E-state index in [-0.39, 0.29) is 5.82 Å². The van der Waals surface area contributed by atoms with Crippen LogP contribution in [0.3, 0.4) is 0 Å². The van der Waals surface area contributed by atoms with Gasteiger partial charge in [-0.15, -0.1) is 0 Å². The molecule has 18 heavy (non-hydrogen) atoms. The van der Waals surface area contributed by atoms with E-state index in [2.05, 4.69) is 15.8 Å². The minimum Gasteiger partial charge on any atom is -0.331 e. The number of aromatic nitrogens is 2. The van der Waals surface area contributed by atoms with Crippen LogP contribution in [0.2, 0.25) is 0 Å². The quantitative estimate of drug-likeness (QED) is 0.829. The Morgan fingerprint density at radius 1 is 1.44 bits per heavy atom. The van der Waals surface area contributed by atoms with Gasteiger partial charge >= 0.3 is 0 Å². The fourth-order valence-electron chi connectivity index (χ4n) is 2.90. The summed E-state index contributed by atoms with van der Waals surface area (Å²) in [6.07, 6.45) is 5.71. The Balaban J connectivity index is 2.18. The number of hydrogen-bond donors (Lipinski definition) is 1. The number of benzene rings is 1. The third-order valence-corrected chi connectivity index (χ3v) is 5.19. The normalized spacial score (nSPS) is 23.9. The lowest BCUT2D eigenvalue weighted by Crippen LogP contribution is -2.15. The number of fused-ring (bicyclic) bond motifs is 1. The molecule has 0 spiro atoms. The molecule has 0 aliphatic heterocycles. The minimum absolute atomic E-state index is 0.205. The first kappa shape index (κ1) is 12.2. The van der Waals surface area contributed by atoms with E-state index in [4.69, 9.17) is 12.2 Å². The van der Waals surface area contributed by atoms with Crippen LogP contribution in [-0.4, -0.2) is 21.1 Å². The Kier molecular flexibility index (Phi) is 3.20. The van der Waals surface area contributed by atoms with Crippen LogP contribution in [0.4, 0.5) is 4.39 Å². The summed E-state index contributed by atoms with van der Waals surface area (Å²) < 4.78 is 16.2. The summed E-state index contributed by atoms with van der Waals surface area (Å²) in [6, 6.07) is 5.21. The maximum absolute atomic E-state index is 13.4. The summed E-state index contributed by atoms with van der Waals surface area (Å²) in [4.78, 5) is 3.18. The number of rotatable bonds is 2. The average molecular weight is 282 g/mol. The Hall–Kier alpha value is -0.810. The maximum atomic E-state index is 13.4. The monoisotopic (exact) mass is 282 g/mol. The van der Waals surface area contributed by atoms with Crippen molar-refractivity contribution in [1.29, 1.82) is 0 Å². The number of imidazole rings is 1. The lowest BCUT2D eigenvalue weighted by molar-refractivity contribution is 0.535. The second kappa shape index (κ2) is 4.70. The molecule has 2 atom stereocenters. The molecule has 2 nitrogen and oxygen atoms in total. The molecule has 1 heterocycles. The van der Waals surface area contributed by atoms with Crippen molar-refractivity contribution in [2.24, 2.45) is 0 Å². The predicted molar refractivity (Wildman–Crippen MR) is 77.3 cm³/mol. The van der Waals surface area contributed by atoms with Gasteiger partial charge in [-0.25, -0.2) is 4.39 Å². The highest BCUT2D eigenvalue weighted by Crippen LogP contribution is 2.39. The molecule has 1 fully saturated rings. The highest BCUT2D eigenvalue weighted by Gasteiger charge is 2.29. The van der Waals surface area contributed by atoms with Crippen molar-refractivity contribution >= 4 is 35.0 Å². The molecule has 0 saturated heterocycles. The van der Waals surface area contributed by atoms with E-state index < -0.39 is 0 Å². The highest BCUT2D eigenvalue weighted by atomic mass is 32.2. The van der Waals surface area contributed by atoms with Gasteiger partial charge in [0.1, 0.15) is 5.82 Å². The molecule has 1 aliphatic carbocycles. The van der Waals surface area contributed by atoms with Gasteiger partial charge in [0, 0.05) is 11.3 Å².